The molecule has 0 amide bonds. The second-order valence-corrected chi connectivity index (χ2v) is 4.05. The number of ether oxygens (including phenoxy) is 1. The third-order valence-electron chi connectivity index (χ3n) is 2.19. The first-order chi connectivity index (χ1) is 8.13. The molecule has 0 unspecified atom stereocenters. The summed E-state index contributed by atoms with van der Waals surface area (Å²) in [5, 5.41) is 3.71. The van der Waals surface area contributed by atoms with Gasteiger partial charge in [0.1, 0.15) is 0 Å². The lowest BCUT2D eigenvalue weighted by Gasteiger charge is -2.05. The lowest BCUT2D eigenvalue weighted by molar-refractivity contribution is 0.104. The Morgan fingerprint density at radius 3 is 2.65 bits per heavy atom. The van der Waals surface area contributed by atoms with E-state index in [2.05, 4.69) is 5.32 Å². The van der Waals surface area contributed by atoms with E-state index in [1.807, 2.05) is 6.92 Å². The van der Waals surface area contributed by atoms with Gasteiger partial charge in [0.2, 0.25) is 0 Å². The van der Waals surface area contributed by atoms with Crippen molar-refractivity contribution in [3.05, 3.63) is 46.6 Å². The smallest absolute Gasteiger partial charge is 0.187 e. The van der Waals surface area contributed by atoms with Gasteiger partial charge in [-0.2, -0.15) is 0 Å². The summed E-state index contributed by atoms with van der Waals surface area (Å²) >= 11 is 5.75. The Kier molecular flexibility index (Phi) is 5.73. The van der Waals surface area contributed by atoms with Crippen LogP contribution in [0.4, 0.5) is 0 Å². The summed E-state index contributed by atoms with van der Waals surface area (Å²) in [6.45, 7) is 3.15. The Hall–Kier alpha value is -1.32. The lowest BCUT2D eigenvalue weighted by atomic mass is 10.1. The Labute approximate surface area is 106 Å². The van der Waals surface area contributed by atoms with Crippen LogP contribution >= 0.6 is 11.6 Å². The van der Waals surface area contributed by atoms with Gasteiger partial charge in [0.05, 0.1) is 6.61 Å². The monoisotopic (exact) mass is 253 g/mol. The summed E-state index contributed by atoms with van der Waals surface area (Å²) in [5.41, 5.74) is 1.45. The number of carbonyl (C=O) groups excluding carboxylic acids is 1. The van der Waals surface area contributed by atoms with E-state index in [0.29, 0.717) is 23.7 Å². The van der Waals surface area contributed by atoms with Crippen molar-refractivity contribution in [2.24, 2.45) is 0 Å². The molecule has 0 radical (unpaired) electrons. The zero-order valence-electron chi connectivity index (χ0n) is 10.00. The van der Waals surface area contributed by atoms with Crippen molar-refractivity contribution in [3.63, 3.8) is 0 Å². The third-order valence-corrected chi connectivity index (χ3v) is 2.44. The summed E-state index contributed by atoms with van der Waals surface area (Å²) in [6, 6.07) is 6.83. The first-order valence-corrected chi connectivity index (χ1v) is 5.72. The van der Waals surface area contributed by atoms with Gasteiger partial charge in [-0.1, -0.05) is 11.6 Å². The van der Waals surface area contributed by atoms with E-state index in [0.717, 1.165) is 5.70 Å². The lowest BCUT2D eigenvalue weighted by Crippen LogP contribution is -2.17. The minimum atomic E-state index is -0.0379. The highest BCUT2D eigenvalue weighted by atomic mass is 35.5. The fourth-order valence-electron chi connectivity index (χ4n) is 1.30. The van der Waals surface area contributed by atoms with Crippen LogP contribution in [0.5, 0.6) is 0 Å². The van der Waals surface area contributed by atoms with Crippen molar-refractivity contribution in [2.45, 2.75) is 6.92 Å². The molecule has 1 aromatic carbocycles. The molecule has 0 atom stereocenters. The first kappa shape index (κ1) is 13.7. The summed E-state index contributed by atoms with van der Waals surface area (Å²) in [7, 11) is 1.64. The molecular formula is C13H16ClNO2. The zero-order valence-corrected chi connectivity index (χ0v) is 10.8. The van der Waals surface area contributed by atoms with Crippen LogP contribution in [0.3, 0.4) is 0 Å². The number of carbonyl (C=O) groups is 1. The predicted molar refractivity (Wildman–Crippen MR) is 69.4 cm³/mol. The van der Waals surface area contributed by atoms with E-state index in [4.69, 9.17) is 16.3 Å². The van der Waals surface area contributed by atoms with Crippen molar-refractivity contribution in [1.29, 1.82) is 0 Å². The minimum Gasteiger partial charge on any atom is -0.386 e. The molecule has 0 aliphatic heterocycles. The number of ketones is 1. The molecule has 0 aliphatic rings. The van der Waals surface area contributed by atoms with Gasteiger partial charge in [-0.15, -0.1) is 0 Å². The van der Waals surface area contributed by atoms with Crippen LogP contribution in [0.15, 0.2) is 36.0 Å². The van der Waals surface area contributed by atoms with Crippen LogP contribution in [-0.4, -0.2) is 26.0 Å². The number of hydrogen-bond acceptors (Lipinski definition) is 3. The molecule has 0 saturated carbocycles. The van der Waals surface area contributed by atoms with Crippen LogP contribution in [0, 0.1) is 0 Å². The van der Waals surface area contributed by atoms with Crippen molar-refractivity contribution in [2.75, 3.05) is 20.3 Å². The van der Waals surface area contributed by atoms with E-state index >= 15 is 0 Å². The number of halogens is 1. The van der Waals surface area contributed by atoms with E-state index in [-0.39, 0.29) is 5.78 Å². The normalized spacial score (nSPS) is 11.4. The summed E-state index contributed by atoms with van der Waals surface area (Å²) < 4.78 is 4.91. The molecule has 1 N–H and O–H groups in total. The van der Waals surface area contributed by atoms with Crippen molar-refractivity contribution in [3.8, 4) is 0 Å². The van der Waals surface area contributed by atoms with E-state index in [1.165, 1.54) is 0 Å². The van der Waals surface area contributed by atoms with Gasteiger partial charge in [-0.3, -0.25) is 4.79 Å². The van der Waals surface area contributed by atoms with Crippen molar-refractivity contribution < 1.29 is 9.53 Å². The van der Waals surface area contributed by atoms with E-state index in [9.17, 15) is 4.79 Å². The number of allylic oxidation sites excluding steroid dienone is 2. The van der Waals surface area contributed by atoms with Crippen molar-refractivity contribution >= 4 is 17.4 Å². The Bertz CT molecular complexity index is 398. The predicted octanol–water partition coefficient (Wildman–Crippen LogP) is 2.66. The molecule has 92 valence electrons. The van der Waals surface area contributed by atoms with Gasteiger partial charge >= 0.3 is 0 Å². The fraction of sp³-hybridized carbons (Fsp3) is 0.308. The summed E-state index contributed by atoms with van der Waals surface area (Å²) in [4.78, 5) is 11.8. The molecule has 0 fully saturated rings. The summed E-state index contributed by atoms with van der Waals surface area (Å²) in [6.07, 6.45) is 1.57. The average molecular weight is 254 g/mol. The SMILES string of the molecule is COCCNC(C)=CC(=O)c1ccc(Cl)cc1. The largest absolute Gasteiger partial charge is 0.386 e. The van der Waals surface area contributed by atoms with Gasteiger partial charge in [0.15, 0.2) is 5.78 Å². The van der Waals surface area contributed by atoms with E-state index in [1.54, 1.807) is 37.5 Å². The molecule has 0 aromatic heterocycles. The molecule has 0 aliphatic carbocycles. The third kappa shape index (κ3) is 5.02. The number of rotatable bonds is 6. The highest BCUT2D eigenvalue weighted by Crippen LogP contribution is 2.10. The first-order valence-electron chi connectivity index (χ1n) is 5.34. The number of benzene rings is 1. The number of hydrogen-bond donors (Lipinski definition) is 1. The number of nitrogens with one attached hydrogen (secondary N) is 1. The quantitative estimate of drug-likeness (QED) is 0.481. The van der Waals surface area contributed by atoms with Crippen LogP contribution in [0.2, 0.25) is 5.02 Å². The highest BCUT2D eigenvalue weighted by molar-refractivity contribution is 6.30. The minimum absolute atomic E-state index is 0.0379. The van der Waals surface area contributed by atoms with Gasteiger partial charge in [0.25, 0.3) is 0 Å². The molecular weight excluding hydrogens is 238 g/mol. The van der Waals surface area contributed by atoms with Crippen LogP contribution in [-0.2, 0) is 4.74 Å². The molecule has 17 heavy (non-hydrogen) atoms. The van der Waals surface area contributed by atoms with Crippen LogP contribution in [0.25, 0.3) is 0 Å². The fourth-order valence-corrected chi connectivity index (χ4v) is 1.42. The maximum absolute atomic E-state index is 11.8. The Morgan fingerprint density at radius 1 is 1.41 bits per heavy atom. The molecule has 0 bridgehead atoms. The average Bonchev–Trinajstić information content (AvgIpc) is 2.30. The molecule has 4 heteroatoms. The maximum Gasteiger partial charge on any atom is 0.187 e. The Morgan fingerprint density at radius 2 is 2.06 bits per heavy atom. The van der Waals surface area contributed by atoms with Gasteiger partial charge in [0, 0.05) is 36.0 Å². The molecule has 0 spiro atoms. The summed E-state index contributed by atoms with van der Waals surface area (Å²) in [5.74, 6) is -0.0379. The molecule has 3 nitrogen and oxygen atoms in total. The molecule has 1 aromatic rings. The zero-order chi connectivity index (χ0) is 12.7. The molecule has 0 saturated heterocycles. The van der Waals surface area contributed by atoms with Gasteiger partial charge < -0.3 is 10.1 Å². The highest BCUT2D eigenvalue weighted by Gasteiger charge is 2.02. The second-order valence-electron chi connectivity index (χ2n) is 3.62. The van der Waals surface area contributed by atoms with Crippen molar-refractivity contribution in [1.82, 2.24) is 5.32 Å². The Balaban J connectivity index is 2.58. The van der Waals surface area contributed by atoms with E-state index < -0.39 is 0 Å². The van der Waals surface area contributed by atoms with Crippen LogP contribution < -0.4 is 5.32 Å². The van der Waals surface area contributed by atoms with Gasteiger partial charge in [-0.25, -0.2) is 0 Å². The second kappa shape index (κ2) is 7.09. The molecule has 0 heterocycles. The topological polar surface area (TPSA) is 38.3 Å². The maximum atomic E-state index is 11.8. The molecule has 1 rings (SSSR count). The van der Waals surface area contributed by atoms with Gasteiger partial charge in [-0.05, 0) is 31.2 Å². The number of methoxy groups -OCH3 is 1. The standard InChI is InChI=1S/C13H16ClNO2/c1-10(15-7-8-17-2)9-13(16)11-3-5-12(14)6-4-11/h3-6,9,15H,7-8H2,1-2H3. The van der Waals surface area contributed by atoms with Crippen LogP contribution in [0.1, 0.15) is 17.3 Å².